The Bertz CT molecular complexity index is 1080. The Morgan fingerprint density at radius 2 is 1.73 bits per heavy atom. The summed E-state index contributed by atoms with van der Waals surface area (Å²) in [5.74, 6) is 2.07. The van der Waals surface area contributed by atoms with Crippen molar-refractivity contribution in [3.8, 4) is 0 Å². The topological polar surface area (TPSA) is 80.3 Å². The zero-order valence-electron chi connectivity index (χ0n) is 19.5. The molecular weight excluding hydrogens is 458 g/mol. The minimum atomic E-state index is -3.88. The first-order chi connectivity index (χ1) is 15.6. The van der Waals surface area contributed by atoms with Crippen molar-refractivity contribution in [3.63, 3.8) is 0 Å². The van der Waals surface area contributed by atoms with Gasteiger partial charge in [0.15, 0.2) is 5.78 Å². The third kappa shape index (κ3) is 3.90. The number of nitrogens with one attached hydrogen (secondary N) is 1. The summed E-state index contributed by atoms with van der Waals surface area (Å²) in [5, 5.41) is 0.401. The molecule has 180 valence electrons. The summed E-state index contributed by atoms with van der Waals surface area (Å²) in [4.78, 5) is 26.4. The summed E-state index contributed by atoms with van der Waals surface area (Å²) in [6.07, 6.45) is 8.28. The first kappa shape index (κ1) is 23.5. The van der Waals surface area contributed by atoms with Gasteiger partial charge in [0.1, 0.15) is 5.78 Å². The molecule has 2 unspecified atom stereocenters. The number of carbonyl (C=O) groups is 2. The summed E-state index contributed by atoms with van der Waals surface area (Å²) < 4.78 is 29.6. The van der Waals surface area contributed by atoms with Gasteiger partial charge in [-0.05, 0) is 100 Å². The quantitative estimate of drug-likeness (QED) is 0.566. The molecule has 6 rings (SSSR count). The van der Waals surface area contributed by atoms with Gasteiger partial charge in [0.25, 0.3) is 0 Å². The van der Waals surface area contributed by atoms with Crippen molar-refractivity contribution >= 4 is 33.2 Å². The highest BCUT2D eigenvalue weighted by Gasteiger charge is 2.58. The zero-order valence-corrected chi connectivity index (χ0v) is 21.1. The molecule has 5 saturated carbocycles. The van der Waals surface area contributed by atoms with Gasteiger partial charge in [-0.15, -0.1) is 0 Å². The summed E-state index contributed by atoms with van der Waals surface area (Å²) in [6, 6.07) is 4.86. The second kappa shape index (κ2) is 8.17. The molecule has 1 N–H and O–H groups in total. The minimum absolute atomic E-state index is 0.0394. The normalized spacial score (nSPS) is 34.5. The van der Waals surface area contributed by atoms with Crippen molar-refractivity contribution in [2.75, 3.05) is 0 Å². The lowest BCUT2D eigenvalue weighted by Crippen LogP contribution is -2.56. The Balaban J connectivity index is 1.38. The van der Waals surface area contributed by atoms with Gasteiger partial charge < -0.3 is 0 Å². The lowest BCUT2D eigenvalue weighted by Gasteiger charge is -2.59. The van der Waals surface area contributed by atoms with Gasteiger partial charge in [-0.2, -0.15) is 4.72 Å². The van der Waals surface area contributed by atoms with Gasteiger partial charge in [-0.25, -0.2) is 8.42 Å². The van der Waals surface area contributed by atoms with E-state index in [0.717, 1.165) is 44.9 Å². The molecule has 0 heterocycles. The second-order valence-corrected chi connectivity index (χ2v) is 13.4. The van der Waals surface area contributed by atoms with Crippen molar-refractivity contribution in [2.45, 2.75) is 88.5 Å². The second-order valence-electron chi connectivity index (χ2n) is 11.4. The molecule has 2 atom stereocenters. The van der Waals surface area contributed by atoms with E-state index in [9.17, 15) is 18.0 Å². The van der Waals surface area contributed by atoms with E-state index in [2.05, 4.69) is 4.72 Å². The van der Waals surface area contributed by atoms with Crippen LogP contribution >= 0.6 is 11.6 Å². The van der Waals surface area contributed by atoms with Crippen molar-refractivity contribution in [3.05, 3.63) is 28.8 Å². The van der Waals surface area contributed by atoms with Crippen LogP contribution in [0.2, 0.25) is 5.02 Å². The molecule has 4 bridgehead atoms. The number of hydrogen-bond donors (Lipinski definition) is 1. The van der Waals surface area contributed by atoms with E-state index in [4.69, 9.17) is 11.6 Å². The average Bonchev–Trinajstić information content (AvgIpc) is 3.21. The van der Waals surface area contributed by atoms with E-state index in [0.29, 0.717) is 53.4 Å². The molecule has 1 aromatic carbocycles. The van der Waals surface area contributed by atoms with Gasteiger partial charge in [-0.3, -0.25) is 9.59 Å². The van der Waals surface area contributed by atoms with Gasteiger partial charge >= 0.3 is 0 Å². The van der Waals surface area contributed by atoms with Crippen molar-refractivity contribution in [2.24, 2.45) is 29.1 Å². The predicted octanol–water partition coefficient (Wildman–Crippen LogP) is 5.23. The number of Topliss-reactive ketones (excluding diaryl/α,β-unsaturated/α-hetero) is 2. The predicted molar refractivity (Wildman–Crippen MR) is 127 cm³/mol. The third-order valence-corrected chi connectivity index (χ3v) is 11.6. The Hall–Kier alpha value is -1.24. The van der Waals surface area contributed by atoms with Crippen LogP contribution < -0.4 is 4.72 Å². The van der Waals surface area contributed by atoms with Crippen molar-refractivity contribution in [1.82, 2.24) is 4.72 Å². The lowest BCUT2D eigenvalue weighted by molar-refractivity contribution is -0.151. The van der Waals surface area contributed by atoms with Crippen LogP contribution in [0.25, 0.3) is 0 Å². The third-order valence-electron chi connectivity index (χ3n) is 9.46. The van der Waals surface area contributed by atoms with Gasteiger partial charge in [-0.1, -0.05) is 30.5 Å². The standard InChI is InChI=1S/C26H34ClNO4S/c1-16-22(27)6-5-7-23(16)33(31,32)28-26(8-3-4-9-26)24(30)12-21-19-10-18-11-20(21)15-25(13-18,14-19)17(2)29/h5-7,18-21,28H,3-4,8-15H2,1-2H3. The maximum absolute atomic E-state index is 13.8. The Kier molecular flexibility index (Phi) is 5.81. The highest BCUT2D eigenvalue weighted by atomic mass is 35.5. The van der Waals surface area contributed by atoms with Gasteiger partial charge in [0.2, 0.25) is 10.0 Å². The molecule has 5 fully saturated rings. The van der Waals surface area contributed by atoms with Crippen LogP contribution in [-0.2, 0) is 19.6 Å². The molecule has 0 spiro atoms. The largest absolute Gasteiger partial charge is 0.299 e. The number of ketones is 2. The van der Waals surface area contributed by atoms with Crippen LogP contribution in [0.1, 0.15) is 76.7 Å². The molecule has 0 aliphatic heterocycles. The molecule has 5 nitrogen and oxygen atoms in total. The summed E-state index contributed by atoms with van der Waals surface area (Å²) >= 11 is 6.18. The smallest absolute Gasteiger partial charge is 0.241 e. The highest BCUT2D eigenvalue weighted by Crippen LogP contribution is 2.63. The van der Waals surface area contributed by atoms with Crippen LogP contribution in [0.4, 0.5) is 0 Å². The van der Waals surface area contributed by atoms with Gasteiger partial charge in [0, 0.05) is 16.9 Å². The number of sulfonamides is 1. The Labute approximate surface area is 202 Å². The van der Waals surface area contributed by atoms with Crippen LogP contribution in [0.3, 0.4) is 0 Å². The number of carbonyl (C=O) groups excluding carboxylic acids is 2. The molecule has 5 aliphatic rings. The van der Waals surface area contributed by atoms with E-state index in [1.54, 1.807) is 32.0 Å². The Morgan fingerprint density at radius 1 is 1.09 bits per heavy atom. The van der Waals surface area contributed by atoms with Crippen molar-refractivity contribution < 1.29 is 18.0 Å². The monoisotopic (exact) mass is 491 g/mol. The van der Waals surface area contributed by atoms with Crippen molar-refractivity contribution in [1.29, 1.82) is 0 Å². The molecule has 1 aromatic rings. The molecule has 33 heavy (non-hydrogen) atoms. The molecule has 0 aromatic heterocycles. The molecule has 0 amide bonds. The zero-order chi connectivity index (χ0) is 23.6. The van der Waals surface area contributed by atoms with Crippen LogP contribution in [0.5, 0.6) is 0 Å². The maximum Gasteiger partial charge on any atom is 0.241 e. The summed E-state index contributed by atoms with van der Waals surface area (Å²) in [6.45, 7) is 3.44. The van der Waals surface area contributed by atoms with E-state index >= 15 is 0 Å². The minimum Gasteiger partial charge on any atom is -0.299 e. The fraction of sp³-hybridized carbons (Fsp3) is 0.692. The molecule has 5 aliphatic carbocycles. The number of hydrogen-bond acceptors (Lipinski definition) is 4. The molecule has 7 heteroatoms. The van der Waals surface area contributed by atoms with Crippen LogP contribution in [0, 0.1) is 36.0 Å². The first-order valence-electron chi connectivity index (χ1n) is 12.4. The summed E-state index contributed by atoms with van der Waals surface area (Å²) in [5.41, 5.74) is -0.685. The molecular formula is C26H34ClNO4S. The van der Waals surface area contributed by atoms with Crippen LogP contribution in [-0.4, -0.2) is 25.5 Å². The fourth-order valence-electron chi connectivity index (χ4n) is 7.91. The van der Waals surface area contributed by atoms with E-state index in [1.165, 1.54) is 0 Å². The van der Waals surface area contributed by atoms with E-state index in [1.807, 2.05) is 0 Å². The highest BCUT2D eigenvalue weighted by molar-refractivity contribution is 7.89. The average molecular weight is 492 g/mol. The summed E-state index contributed by atoms with van der Waals surface area (Å²) in [7, 11) is -3.88. The SMILES string of the molecule is CC(=O)C12CC3CC(C1)C(CC(=O)C1(NS(=O)(=O)c4cccc(Cl)c4C)CCCC1)C(C3)C2. The fourth-order valence-corrected chi connectivity index (χ4v) is 9.85. The number of halogens is 1. The molecule has 0 saturated heterocycles. The van der Waals surface area contributed by atoms with E-state index < -0.39 is 15.6 Å². The van der Waals surface area contributed by atoms with Crippen LogP contribution in [0.15, 0.2) is 23.1 Å². The number of benzene rings is 1. The van der Waals surface area contributed by atoms with Gasteiger partial charge in [0.05, 0.1) is 10.4 Å². The first-order valence-corrected chi connectivity index (χ1v) is 14.2. The Morgan fingerprint density at radius 3 is 2.33 bits per heavy atom. The lowest BCUT2D eigenvalue weighted by atomic mass is 9.44. The number of rotatable bonds is 7. The molecule has 0 radical (unpaired) electrons. The van der Waals surface area contributed by atoms with E-state index in [-0.39, 0.29) is 22.0 Å². The maximum atomic E-state index is 13.8.